The Morgan fingerprint density at radius 1 is 0.636 bits per heavy atom. The maximum atomic E-state index is 12.1. The zero-order chi connectivity index (χ0) is 14.7. The number of halogens is 1. The second-order valence-corrected chi connectivity index (χ2v) is 5.21. The van der Waals surface area contributed by atoms with Gasteiger partial charge in [-0.2, -0.15) is 0 Å². The number of carbonyl (C=O) groups excluding carboxylic acids is 2. The molecule has 1 aliphatic heterocycles. The van der Waals surface area contributed by atoms with Gasteiger partial charge in [-0.3, -0.25) is 9.59 Å². The maximum absolute atomic E-state index is 12.1. The first-order valence-corrected chi connectivity index (χ1v) is 7.27. The number of benzene rings is 2. The van der Waals surface area contributed by atoms with Crippen LogP contribution >= 0.6 is 12.4 Å². The molecule has 0 atom stereocenters. The molecule has 0 spiro atoms. The number of fused-ring (bicyclic) bond motifs is 2. The summed E-state index contributed by atoms with van der Waals surface area (Å²) in [4.78, 5) is 24.2. The van der Waals surface area contributed by atoms with Crippen LogP contribution < -0.4 is 5.32 Å². The van der Waals surface area contributed by atoms with Crippen molar-refractivity contribution in [2.75, 3.05) is 13.1 Å². The summed E-state index contributed by atoms with van der Waals surface area (Å²) in [7, 11) is 0. The van der Waals surface area contributed by atoms with Gasteiger partial charge in [-0.25, -0.2) is 0 Å². The van der Waals surface area contributed by atoms with Gasteiger partial charge in [0.05, 0.1) is 0 Å². The molecule has 0 amide bonds. The number of ketones is 2. The normalized spacial score (nSPS) is 15.1. The number of carbonyl (C=O) groups is 2. The monoisotopic (exact) mass is 315 g/mol. The summed E-state index contributed by atoms with van der Waals surface area (Å²) in [5, 5.41) is 3.22. The molecule has 4 heteroatoms. The van der Waals surface area contributed by atoms with Gasteiger partial charge in [0.2, 0.25) is 0 Å². The summed E-state index contributed by atoms with van der Waals surface area (Å²) in [6, 6.07) is 13.9. The Kier molecular flexibility index (Phi) is 5.47. The van der Waals surface area contributed by atoms with E-state index in [4.69, 9.17) is 0 Å². The second-order valence-electron chi connectivity index (χ2n) is 5.21. The first-order chi connectivity index (χ1) is 10.3. The number of rotatable bonds is 0. The van der Waals surface area contributed by atoms with Crippen molar-refractivity contribution in [2.24, 2.45) is 0 Å². The molecule has 1 aliphatic carbocycles. The van der Waals surface area contributed by atoms with E-state index in [-0.39, 0.29) is 24.0 Å². The number of nitrogens with one attached hydrogen (secondary N) is 1. The third-order valence-electron chi connectivity index (χ3n) is 3.79. The van der Waals surface area contributed by atoms with Crippen LogP contribution in [0.3, 0.4) is 0 Å². The third kappa shape index (κ3) is 3.11. The average Bonchev–Trinajstić information content (AvgIpc) is 3.12. The molecule has 3 nitrogen and oxygen atoms in total. The molecule has 1 fully saturated rings. The fraction of sp³-hybridized carbons (Fsp3) is 0.222. The first-order valence-electron chi connectivity index (χ1n) is 7.27. The zero-order valence-electron chi connectivity index (χ0n) is 12.2. The summed E-state index contributed by atoms with van der Waals surface area (Å²) < 4.78 is 0. The summed E-state index contributed by atoms with van der Waals surface area (Å²) in [6.07, 6.45) is 2.78. The van der Waals surface area contributed by atoms with Crippen LogP contribution in [0, 0.1) is 0 Å². The summed E-state index contributed by atoms with van der Waals surface area (Å²) in [5.41, 5.74) is 2.02. The van der Waals surface area contributed by atoms with Crippen LogP contribution in [-0.4, -0.2) is 24.7 Å². The highest BCUT2D eigenvalue weighted by atomic mass is 35.5. The fourth-order valence-electron chi connectivity index (χ4n) is 2.67. The van der Waals surface area contributed by atoms with E-state index in [2.05, 4.69) is 5.32 Å². The molecule has 2 aromatic carbocycles. The van der Waals surface area contributed by atoms with E-state index in [1.165, 1.54) is 25.9 Å². The molecule has 4 rings (SSSR count). The van der Waals surface area contributed by atoms with Crippen LogP contribution in [0.1, 0.15) is 44.7 Å². The second kappa shape index (κ2) is 7.34. The van der Waals surface area contributed by atoms with Crippen LogP contribution in [-0.2, 0) is 0 Å². The van der Waals surface area contributed by atoms with Gasteiger partial charge in [-0.05, 0) is 25.9 Å². The lowest BCUT2D eigenvalue weighted by Gasteiger charge is -2.16. The van der Waals surface area contributed by atoms with Crippen molar-refractivity contribution < 1.29 is 9.59 Å². The van der Waals surface area contributed by atoms with Gasteiger partial charge in [0.15, 0.2) is 11.6 Å². The zero-order valence-corrected chi connectivity index (χ0v) is 13.0. The van der Waals surface area contributed by atoms with Crippen molar-refractivity contribution >= 4 is 24.0 Å². The van der Waals surface area contributed by atoms with Crippen LogP contribution in [0.4, 0.5) is 0 Å². The van der Waals surface area contributed by atoms with E-state index < -0.39 is 0 Å². The van der Waals surface area contributed by atoms with Gasteiger partial charge >= 0.3 is 0 Å². The Morgan fingerprint density at radius 2 is 0.955 bits per heavy atom. The minimum Gasteiger partial charge on any atom is -0.317 e. The van der Waals surface area contributed by atoms with Crippen LogP contribution in [0.2, 0.25) is 0 Å². The van der Waals surface area contributed by atoms with E-state index in [9.17, 15) is 9.59 Å². The predicted octanol–water partition coefficient (Wildman–Crippen LogP) is 3.25. The van der Waals surface area contributed by atoms with E-state index in [0.29, 0.717) is 22.3 Å². The molecule has 22 heavy (non-hydrogen) atoms. The highest BCUT2D eigenvalue weighted by Gasteiger charge is 2.28. The van der Waals surface area contributed by atoms with Gasteiger partial charge in [-0.1, -0.05) is 48.5 Å². The standard InChI is InChI=1S/C14H8O2.C4H9N.ClH/c15-13-9-5-1-2-6-10(9)14(16)12-8-4-3-7-11(12)13;1-2-4-5-3-1;/h1-8H;5H,1-4H2;1H. The van der Waals surface area contributed by atoms with Crippen LogP contribution in [0.25, 0.3) is 0 Å². The smallest absolute Gasteiger partial charge is 0.194 e. The summed E-state index contributed by atoms with van der Waals surface area (Å²) in [6.45, 7) is 2.50. The van der Waals surface area contributed by atoms with Gasteiger partial charge < -0.3 is 5.32 Å². The number of hydrogen-bond acceptors (Lipinski definition) is 3. The Morgan fingerprint density at radius 3 is 1.18 bits per heavy atom. The van der Waals surface area contributed by atoms with Crippen LogP contribution in [0.15, 0.2) is 48.5 Å². The summed E-state index contributed by atoms with van der Waals surface area (Å²) >= 11 is 0. The van der Waals surface area contributed by atoms with E-state index in [1.54, 1.807) is 48.5 Å². The molecule has 1 N–H and O–H groups in total. The molecule has 2 aromatic rings. The van der Waals surface area contributed by atoms with Gasteiger partial charge in [0, 0.05) is 22.3 Å². The molecule has 0 bridgehead atoms. The molecule has 0 saturated carbocycles. The van der Waals surface area contributed by atoms with E-state index in [1.807, 2.05) is 0 Å². The molecule has 2 aliphatic rings. The van der Waals surface area contributed by atoms with Gasteiger partial charge in [0.25, 0.3) is 0 Å². The fourth-order valence-corrected chi connectivity index (χ4v) is 2.67. The predicted molar refractivity (Wildman–Crippen MR) is 89.1 cm³/mol. The highest BCUT2D eigenvalue weighted by molar-refractivity contribution is 6.28. The van der Waals surface area contributed by atoms with Crippen molar-refractivity contribution in [2.45, 2.75) is 12.8 Å². The molecule has 0 radical (unpaired) electrons. The SMILES string of the molecule is C1CCNC1.Cl.O=C1c2ccccc2C(=O)c2ccccc21. The van der Waals surface area contributed by atoms with Gasteiger partial charge in [-0.15, -0.1) is 12.4 Å². The molecule has 114 valence electrons. The van der Waals surface area contributed by atoms with Crippen molar-refractivity contribution in [1.82, 2.24) is 5.32 Å². The third-order valence-corrected chi connectivity index (χ3v) is 3.79. The topological polar surface area (TPSA) is 46.2 Å². The lowest BCUT2D eigenvalue weighted by molar-refractivity contribution is 0.0979. The van der Waals surface area contributed by atoms with E-state index in [0.717, 1.165) is 0 Å². The molecule has 1 heterocycles. The van der Waals surface area contributed by atoms with Crippen molar-refractivity contribution in [3.63, 3.8) is 0 Å². The van der Waals surface area contributed by atoms with E-state index >= 15 is 0 Å². The molecular weight excluding hydrogens is 298 g/mol. The van der Waals surface area contributed by atoms with Crippen molar-refractivity contribution in [1.29, 1.82) is 0 Å². The highest BCUT2D eigenvalue weighted by Crippen LogP contribution is 2.26. The number of hydrogen-bond donors (Lipinski definition) is 1. The lowest BCUT2D eigenvalue weighted by atomic mass is 9.84. The van der Waals surface area contributed by atoms with Gasteiger partial charge in [0.1, 0.15) is 0 Å². The summed E-state index contributed by atoms with van der Waals surface area (Å²) in [5.74, 6) is -0.128. The molecule has 0 unspecified atom stereocenters. The molecule has 0 aromatic heterocycles. The maximum Gasteiger partial charge on any atom is 0.194 e. The Bertz CT molecular complexity index is 580. The largest absolute Gasteiger partial charge is 0.317 e. The molecular formula is C18H18ClNO2. The van der Waals surface area contributed by atoms with Crippen molar-refractivity contribution in [3.8, 4) is 0 Å². The Hall–Kier alpha value is -1.97. The average molecular weight is 316 g/mol. The lowest BCUT2D eigenvalue weighted by Crippen LogP contribution is -2.20. The first kappa shape index (κ1) is 16.4. The minimum absolute atomic E-state index is 0. The minimum atomic E-state index is -0.0641. The van der Waals surface area contributed by atoms with Crippen molar-refractivity contribution in [3.05, 3.63) is 70.8 Å². The quantitative estimate of drug-likeness (QED) is 0.692. The molecule has 1 saturated heterocycles. The van der Waals surface area contributed by atoms with Crippen LogP contribution in [0.5, 0.6) is 0 Å². The Labute approximate surface area is 136 Å². The Balaban J connectivity index is 0.000000253.